The molecule has 0 aliphatic carbocycles. The van der Waals surface area contributed by atoms with Crippen LogP contribution in [0.25, 0.3) is 0 Å². The van der Waals surface area contributed by atoms with E-state index in [2.05, 4.69) is 32.4 Å². The van der Waals surface area contributed by atoms with Gasteiger partial charge in [-0.1, -0.05) is 6.07 Å². The summed E-state index contributed by atoms with van der Waals surface area (Å²) >= 11 is 0. The predicted molar refractivity (Wildman–Crippen MR) is 139 cm³/mol. The van der Waals surface area contributed by atoms with Gasteiger partial charge in [-0.15, -0.1) is 0 Å². The fourth-order valence-electron chi connectivity index (χ4n) is 4.83. The average molecular weight is 491 g/mol. The Hall–Kier alpha value is -3.66. The van der Waals surface area contributed by atoms with Crippen molar-refractivity contribution in [1.29, 1.82) is 0 Å². The first-order valence-corrected chi connectivity index (χ1v) is 12.5. The molecule has 0 spiro atoms. The monoisotopic (exact) mass is 490 g/mol. The molecule has 190 valence electrons. The number of aromatic nitrogens is 4. The second kappa shape index (κ2) is 10.5. The highest BCUT2D eigenvalue weighted by molar-refractivity contribution is 5.94. The van der Waals surface area contributed by atoms with E-state index < -0.39 is 0 Å². The number of benzene rings is 1. The Morgan fingerprint density at radius 1 is 1.11 bits per heavy atom. The topological polar surface area (TPSA) is 103 Å². The van der Waals surface area contributed by atoms with Gasteiger partial charge in [0.25, 0.3) is 5.91 Å². The number of carbonyl (C=O) groups excluding carboxylic acids is 1. The number of likely N-dealkylation sites (tertiary alicyclic amines) is 1. The van der Waals surface area contributed by atoms with Crippen molar-refractivity contribution in [3.8, 4) is 5.75 Å². The molecule has 2 saturated heterocycles. The molecular weight excluding hydrogens is 456 g/mol. The maximum Gasteiger partial charge on any atom is 0.253 e. The number of anilines is 3. The third kappa shape index (κ3) is 5.59. The number of nitrogens with zero attached hydrogens (tertiary/aromatic N) is 6. The second-order valence-corrected chi connectivity index (χ2v) is 9.72. The minimum atomic E-state index is 0.0414. The molecule has 0 bridgehead atoms. The quantitative estimate of drug-likeness (QED) is 0.521. The summed E-state index contributed by atoms with van der Waals surface area (Å²) in [5.74, 6) is 4.24. The van der Waals surface area contributed by atoms with Crippen LogP contribution in [0.15, 0.2) is 36.4 Å². The van der Waals surface area contributed by atoms with Crippen molar-refractivity contribution in [1.82, 2.24) is 30.0 Å². The molecule has 2 fully saturated rings. The molecule has 5 rings (SSSR count). The lowest BCUT2D eigenvalue weighted by molar-refractivity contribution is 0.0786. The van der Waals surface area contributed by atoms with Gasteiger partial charge < -0.3 is 24.8 Å². The van der Waals surface area contributed by atoms with E-state index in [-0.39, 0.29) is 5.91 Å². The van der Waals surface area contributed by atoms with Crippen molar-refractivity contribution in [2.24, 2.45) is 5.92 Å². The molecule has 10 nitrogen and oxygen atoms in total. The molecule has 10 heteroatoms. The van der Waals surface area contributed by atoms with E-state index in [1.54, 1.807) is 13.2 Å². The SMILES string of the molecule is COc1cccc(C(=O)N2CC[C@@H](Cc3nc(Nc4cc(C)[nH]n4)cc(N4CCN(C)CC4)n3)C2)c1. The first-order chi connectivity index (χ1) is 17.5. The van der Waals surface area contributed by atoms with E-state index in [9.17, 15) is 4.79 Å². The van der Waals surface area contributed by atoms with Gasteiger partial charge in [-0.3, -0.25) is 9.89 Å². The average Bonchev–Trinajstić information content (AvgIpc) is 3.52. The normalized spacial score (nSPS) is 18.5. The molecule has 1 amide bonds. The molecule has 0 saturated carbocycles. The van der Waals surface area contributed by atoms with Crippen molar-refractivity contribution in [2.75, 3.05) is 63.6 Å². The standard InChI is InChI=1S/C26H34N8O2/c1-18-13-24(31-30-18)28-23-16-25(33-11-9-32(2)10-12-33)29-22(27-23)14-19-7-8-34(17-19)26(35)20-5-4-6-21(15-20)36-3/h4-6,13,15-16,19H,7-12,14,17H2,1-3H3,(H2,27,28,29,30,31)/t19-/m0/s1. The van der Waals surface area contributed by atoms with Gasteiger partial charge in [0, 0.05) is 69.1 Å². The van der Waals surface area contributed by atoms with Crippen molar-refractivity contribution in [3.63, 3.8) is 0 Å². The Labute approximate surface area is 211 Å². The number of amides is 1. The van der Waals surface area contributed by atoms with Gasteiger partial charge in [-0.05, 0) is 44.5 Å². The van der Waals surface area contributed by atoms with Crippen molar-refractivity contribution >= 4 is 23.4 Å². The summed E-state index contributed by atoms with van der Waals surface area (Å²) < 4.78 is 5.28. The first kappa shape index (κ1) is 24.1. The number of nitrogens with one attached hydrogen (secondary N) is 2. The summed E-state index contributed by atoms with van der Waals surface area (Å²) in [6, 6.07) is 11.3. The highest BCUT2D eigenvalue weighted by atomic mass is 16.5. The van der Waals surface area contributed by atoms with Crippen LogP contribution in [0.5, 0.6) is 5.75 Å². The Balaban J connectivity index is 1.31. The summed E-state index contributed by atoms with van der Waals surface area (Å²) in [4.78, 5) is 29.4. The van der Waals surface area contributed by atoms with Crippen LogP contribution in [0, 0.1) is 12.8 Å². The lowest BCUT2D eigenvalue weighted by Crippen LogP contribution is -2.45. The van der Waals surface area contributed by atoms with E-state index in [0.29, 0.717) is 23.8 Å². The Morgan fingerprint density at radius 2 is 1.94 bits per heavy atom. The highest BCUT2D eigenvalue weighted by Gasteiger charge is 2.28. The molecule has 1 aromatic carbocycles. The largest absolute Gasteiger partial charge is 0.497 e. The van der Waals surface area contributed by atoms with Crippen LogP contribution in [0.1, 0.15) is 28.3 Å². The number of rotatable bonds is 7. The molecule has 2 N–H and O–H groups in total. The van der Waals surface area contributed by atoms with Gasteiger partial charge in [0.05, 0.1) is 7.11 Å². The maximum atomic E-state index is 13.1. The molecule has 1 atom stereocenters. The minimum Gasteiger partial charge on any atom is -0.497 e. The summed E-state index contributed by atoms with van der Waals surface area (Å²) in [7, 11) is 3.76. The van der Waals surface area contributed by atoms with E-state index in [1.165, 1.54) is 0 Å². The lowest BCUT2D eigenvalue weighted by atomic mass is 10.0. The Bertz CT molecular complexity index is 1200. The molecule has 4 heterocycles. The van der Waals surface area contributed by atoms with Crippen molar-refractivity contribution < 1.29 is 9.53 Å². The van der Waals surface area contributed by atoms with Crippen LogP contribution in [0.2, 0.25) is 0 Å². The molecule has 2 aliphatic rings. The molecule has 3 aromatic rings. The lowest BCUT2D eigenvalue weighted by Gasteiger charge is -2.33. The van der Waals surface area contributed by atoms with E-state index in [0.717, 1.165) is 74.5 Å². The van der Waals surface area contributed by atoms with Crippen LogP contribution >= 0.6 is 0 Å². The van der Waals surface area contributed by atoms with E-state index in [4.69, 9.17) is 14.7 Å². The van der Waals surface area contributed by atoms with Gasteiger partial charge >= 0.3 is 0 Å². The summed E-state index contributed by atoms with van der Waals surface area (Å²) in [6.45, 7) is 7.27. The number of hydrogen-bond donors (Lipinski definition) is 2. The number of hydrogen-bond acceptors (Lipinski definition) is 8. The van der Waals surface area contributed by atoms with Gasteiger partial charge in [-0.2, -0.15) is 5.10 Å². The third-order valence-corrected chi connectivity index (χ3v) is 6.91. The number of H-pyrrole nitrogens is 1. The third-order valence-electron chi connectivity index (χ3n) is 6.91. The van der Waals surface area contributed by atoms with Crippen LogP contribution in [-0.2, 0) is 6.42 Å². The first-order valence-electron chi connectivity index (χ1n) is 12.5. The van der Waals surface area contributed by atoms with Crippen molar-refractivity contribution in [3.05, 3.63) is 53.5 Å². The smallest absolute Gasteiger partial charge is 0.253 e. The molecule has 2 aliphatic heterocycles. The van der Waals surface area contributed by atoms with Gasteiger partial charge in [0.1, 0.15) is 23.2 Å². The number of piperazine rings is 1. The van der Waals surface area contributed by atoms with Crippen LogP contribution in [0.4, 0.5) is 17.5 Å². The Kier molecular flexibility index (Phi) is 7.04. The number of carbonyl (C=O) groups is 1. The number of aromatic amines is 1. The zero-order valence-corrected chi connectivity index (χ0v) is 21.2. The molecule has 36 heavy (non-hydrogen) atoms. The molecule has 0 unspecified atom stereocenters. The fraction of sp³-hybridized carbons (Fsp3) is 0.462. The molecule has 2 aromatic heterocycles. The second-order valence-electron chi connectivity index (χ2n) is 9.72. The fourth-order valence-corrected chi connectivity index (χ4v) is 4.83. The van der Waals surface area contributed by atoms with Crippen LogP contribution in [-0.4, -0.2) is 89.3 Å². The molecular formula is C26H34N8O2. The molecule has 0 radical (unpaired) electrons. The van der Waals surface area contributed by atoms with Crippen LogP contribution in [0.3, 0.4) is 0 Å². The number of methoxy groups -OCH3 is 1. The minimum absolute atomic E-state index is 0.0414. The van der Waals surface area contributed by atoms with E-state index in [1.807, 2.05) is 42.2 Å². The van der Waals surface area contributed by atoms with Gasteiger partial charge in [0.15, 0.2) is 5.82 Å². The van der Waals surface area contributed by atoms with Gasteiger partial charge in [0.2, 0.25) is 0 Å². The van der Waals surface area contributed by atoms with Crippen LogP contribution < -0.4 is 15.0 Å². The highest BCUT2D eigenvalue weighted by Crippen LogP contribution is 2.26. The zero-order valence-electron chi connectivity index (χ0n) is 21.2. The van der Waals surface area contributed by atoms with E-state index >= 15 is 0 Å². The summed E-state index contributed by atoms with van der Waals surface area (Å²) in [6.07, 6.45) is 1.65. The Morgan fingerprint density at radius 3 is 2.69 bits per heavy atom. The van der Waals surface area contributed by atoms with Crippen molar-refractivity contribution in [2.45, 2.75) is 19.8 Å². The summed E-state index contributed by atoms with van der Waals surface area (Å²) in [5.41, 5.74) is 1.64. The zero-order chi connectivity index (χ0) is 25.1. The number of aryl methyl sites for hydroxylation is 1. The summed E-state index contributed by atoms with van der Waals surface area (Å²) in [5, 5.41) is 10.6. The number of ether oxygens (including phenoxy) is 1. The maximum absolute atomic E-state index is 13.1. The number of likely N-dealkylation sites (N-methyl/N-ethyl adjacent to an activating group) is 1. The van der Waals surface area contributed by atoms with Gasteiger partial charge in [-0.25, -0.2) is 9.97 Å². The predicted octanol–water partition coefficient (Wildman–Crippen LogP) is 2.72.